The minimum Gasteiger partial charge on any atom is -0.385 e. The summed E-state index contributed by atoms with van der Waals surface area (Å²) in [5.74, 6) is -0.942. The van der Waals surface area contributed by atoms with Gasteiger partial charge in [-0.2, -0.15) is 0 Å². The largest absolute Gasteiger partial charge is 0.385 e. The summed E-state index contributed by atoms with van der Waals surface area (Å²) in [4.78, 5) is 41.5. The Kier molecular flexibility index (Phi) is 8.43. The van der Waals surface area contributed by atoms with Gasteiger partial charge in [-0.05, 0) is 62.7 Å². The summed E-state index contributed by atoms with van der Waals surface area (Å²) in [5.41, 5.74) is 4.28. The van der Waals surface area contributed by atoms with E-state index in [2.05, 4.69) is 10.6 Å². The molecule has 0 atom stereocenters. The average Bonchev–Trinajstić information content (AvgIpc) is 3.10. The molecule has 2 N–H and O–H groups in total. The lowest BCUT2D eigenvalue weighted by molar-refractivity contribution is -0.137. The highest BCUT2D eigenvalue weighted by atomic mass is 32.2. The number of nitrogens with one attached hydrogen (secondary N) is 2. The molecule has 4 rings (SSSR count). The summed E-state index contributed by atoms with van der Waals surface area (Å²) < 4.78 is 5.09. The van der Waals surface area contributed by atoms with Gasteiger partial charge in [0.05, 0.1) is 0 Å². The molecule has 0 radical (unpaired) electrons. The number of anilines is 2. The first-order chi connectivity index (χ1) is 17.9. The Morgan fingerprint density at radius 2 is 1.57 bits per heavy atom. The molecule has 7 nitrogen and oxygen atoms in total. The number of aryl methyl sites for hydroxylation is 2. The Bertz CT molecular complexity index is 1330. The molecule has 0 bridgehead atoms. The summed E-state index contributed by atoms with van der Waals surface area (Å²) in [7, 11) is 1.59. The van der Waals surface area contributed by atoms with Crippen LogP contribution in [0.3, 0.4) is 0 Å². The quantitative estimate of drug-likeness (QED) is 0.279. The van der Waals surface area contributed by atoms with Crippen LogP contribution in [0, 0.1) is 13.8 Å². The van der Waals surface area contributed by atoms with Crippen molar-refractivity contribution in [2.45, 2.75) is 25.2 Å². The Morgan fingerprint density at radius 1 is 0.892 bits per heavy atom. The van der Waals surface area contributed by atoms with E-state index in [4.69, 9.17) is 4.74 Å². The van der Waals surface area contributed by atoms with E-state index in [1.165, 1.54) is 16.7 Å². The van der Waals surface area contributed by atoms with E-state index in [1.54, 1.807) is 37.4 Å². The van der Waals surface area contributed by atoms with Gasteiger partial charge in [-0.25, -0.2) is 0 Å². The fourth-order valence-electron chi connectivity index (χ4n) is 3.77. The number of carbonyl (C=O) groups excluding carboxylic acids is 3. The summed E-state index contributed by atoms with van der Waals surface area (Å²) in [5, 5.41) is 6.06. The number of benzene rings is 3. The molecule has 0 unspecified atom stereocenters. The first-order valence-electron chi connectivity index (χ1n) is 11.9. The van der Waals surface area contributed by atoms with Crippen LogP contribution in [-0.2, 0) is 14.3 Å². The van der Waals surface area contributed by atoms with Crippen LogP contribution in [0.25, 0.3) is 0 Å². The molecule has 1 aliphatic rings. The summed E-state index contributed by atoms with van der Waals surface area (Å²) >= 11 is 1.20. The maximum atomic E-state index is 13.3. The van der Waals surface area contributed by atoms with Crippen molar-refractivity contribution in [3.8, 4) is 0 Å². The van der Waals surface area contributed by atoms with E-state index in [0.717, 1.165) is 21.7 Å². The smallest absolute Gasteiger partial charge is 0.278 e. The van der Waals surface area contributed by atoms with Crippen molar-refractivity contribution in [1.82, 2.24) is 4.90 Å². The minimum absolute atomic E-state index is 0.223. The van der Waals surface area contributed by atoms with E-state index < -0.39 is 0 Å². The number of amides is 3. The molecule has 3 aromatic rings. The molecule has 0 saturated heterocycles. The van der Waals surface area contributed by atoms with E-state index >= 15 is 0 Å². The highest BCUT2D eigenvalue weighted by molar-refractivity contribution is 8.04. The van der Waals surface area contributed by atoms with Crippen molar-refractivity contribution in [1.29, 1.82) is 0 Å². The van der Waals surface area contributed by atoms with Crippen LogP contribution in [0.1, 0.15) is 27.9 Å². The van der Waals surface area contributed by atoms with Gasteiger partial charge in [-0.3, -0.25) is 19.3 Å². The first-order valence-corrected chi connectivity index (χ1v) is 12.8. The molecule has 0 spiro atoms. The third kappa shape index (κ3) is 6.47. The van der Waals surface area contributed by atoms with Crippen LogP contribution >= 0.6 is 11.8 Å². The van der Waals surface area contributed by atoms with Gasteiger partial charge in [0.2, 0.25) is 0 Å². The zero-order chi connectivity index (χ0) is 26.4. The number of rotatable bonds is 10. The van der Waals surface area contributed by atoms with Gasteiger partial charge in [0.1, 0.15) is 10.6 Å². The Hall–Kier alpha value is -3.88. The molecule has 0 saturated carbocycles. The van der Waals surface area contributed by atoms with E-state index in [0.29, 0.717) is 29.2 Å². The number of thioether (sulfide) groups is 1. The number of carbonyl (C=O) groups is 3. The Morgan fingerprint density at radius 3 is 2.24 bits per heavy atom. The molecule has 0 fully saturated rings. The average molecular weight is 516 g/mol. The lowest BCUT2D eigenvalue weighted by Crippen LogP contribution is -2.33. The summed E-state index contributed by atoms with van der Waals surface area (Å²) in [6, 6.07) is 22.2. The predicted octanol–water partition coefficient (Wildman–Crippen LogP) is 5.38. The third-order valence-corrected chi connectivity index (χ3v) is 6.87. The van der Waals surface area contributed by atoms with Crippen LogP contribution in [0.15, 0.2) is 88.3 Å². The molecule has 1 aliphatic heterocycles. The molecular formula is C29H29N3O4S. The number of hydrogen-bond acceptors (Lipinski definition) is 6. The molecule has 37 heavy (non-hydrogen) atoms. The van der Waals surface area contributed by atoms with Crippen molar-refractivity contribution in [2.75, 3.05) is 30.9 Å². The van der Waals surface area contributed by atoms with Crippen LogP contribution in [0.4, 0.5) is 11.4 Å². The van der Waals surface area contributed by atoms with E-state index in [1.807, 2.05) is 56.3 Å². The Balaban J connectivity index is 1.57. The molecular weight excluding hydrogens is 486 g/mol. The number of methoxy groups -OCH3 is 1. The zero-order valence-electron chi connectivity index (χ0n) is 21.0. The van der Waals surface area contributed by atoms with Crippen LogP contribution < -0.4 is 10.6 Å². The summed E-state index contributed by atoms with van der Waals surface area (Å²) in [6.07, 6.45) is 0.546. The van der Waals surface area contributed by atoms with Crippen molar-refractivity contribution in [3.63, 3.8) is 0 Å². The Labute approximate surface area is 220 Å². The van der Waals surface area contributed by atoms with Crippen LogP contribution in [-0.4, -0.2) is 42.9 Å². The second-order valence-corrected chi connectivity index (χ2v) is 9.84. The van der Waals surface area contributed by atoms with Crippen molar-refractivity contribution >= 4 is 40.9 Å². The lowest BCUT2D eigenvalue weighted by Gasteiger charge is -2.14. The zero-order valence-corrected chi connectivity index (χ0v) is 21.9. The molecule has 0 aromatic heterocycles. The monoisotopic (exact) mass is 515 g/mol. The van der Waals surface area contributed by atoms with Gasteiger partial charge in [0.25, 0.3) is 17.7 Å². The van der Waals surface area contributed by atoms with Crippen LogP contribution in [0.5, 0.6) is 0 Å². The highest BCUT2D eigenvalue weighted by Crippen LogP contribution is 2.37. The van der Waals surface area contributed by atoms with E-state index in [-0.39, 0.29) is 30.0 Å². The molecule has 1 heterocycles. The SMILES string of the molecule is COCCCN1C(=O)C(Nc2ccc(C)cc2)=C(Sc2cccc(NC(=O)c3ccc(C)cc3)c2)C1=O. The van der Waals surface area contributed by atoms with E-state index in [9.17, 15) is 14.4 Å². The van der Waals surface area contributed by atoms with Gasteiger partial charge < -0.3 is 15.4 Å². The van der Waals surface area contributed by atoms with Gasteiger partial charge >= 0.3 is 0 Å². The second-order valence-electron chi connectivity index (χ2n) is 8.75. The molecule has 190 valence electrons. The predicted molar refractivity (Wildman–Crippen MR) is 146 cm³/mol. The maximum absolute atomic E-state index is 13.3. The first kappa shape index (κ1) is 26.2. The van der Waals surface area contributed by atoms with Crippen molar-refractivity contribution in [3.05, 3.63) is 100 Å². The fourth-order valence-corrected chi connectivity index (χ4v) is 4.78. The van der Waals surface area contributed by atoms with Crippen LogP contribution in [0.2, 0.25) is 0 Å². The van der Waals surface area contributed by atoms with Gasteiger partial charge in [-0.15, -0.1) is 0 Å². The standard InChI is InChI=1S/C29H29N3O4S/c1-19-8-12-21(13-9-19)27(33)31-23-6-4-7-24(18-23)37-26-25(30-22-14-10-20(2)11-15-22)28(34)32(29(26)35)16-5-17-36-3/h4,6-15,18,30H,5,16-17H2,1-3H3,(H,31,33). The fraction of sp³-hybridized carbons (Fsp3) is 0.207. The van der Waals surface area contributed by atoms with Gasteiger partial charge in [0, 0.05) is 42.1 Å². The highest BCUT2D eigenvalue weighted by Gasteiger charge is 2.38. The maximum Gasteiger partial charge on any atom is 0.278 e. The number of ether oxygens (including phenoxy) is 1. The minimum atomic E-state index is -0.368. The van der Waals surface area contributed by atoms with Gasteiger partial charge in [0.15, 0.2) is 0 Å². The molecule has 3 amide bonds. The normalized spacial score (nSPS) is 13.3. The van der Waals surface area contributed by atoms with Crippen molar-refractivity contribution in [2.24, 2.45) is 0 Å². The van der Waals surface area contributed by atoms with Crippen molar-refractivity contribution < 1.29 is 19.1 Å². The molecule has 3 aromatic carbocycles. The number of hydrogen-bond donors (Lipinski definition) is 2. The lowest BCUT2D eigenvalue weighted by atomic mass is 10.1. The molecule has 0 aliphatic carbocycles. The van der Waals surface area contributed by atoms with Gasteiger partial charge in [-0.1, -0.05) is 53.2 Å². The topological polar surface area (TPSA) is 87.7 Å². The third-order valence-electron chi connectivity index (χ3n) is 5.80. The molecule has 8 heteroatoms. The number of imide groups is 1. The summed E-state index contributed by atoms with van der Waals surface area (Å²) in [6.45, 7) is 4.66. The second kappa shape index (κ2) is 11.9. The number of nitrogens with zero attached hydrogens (tertiary/aromatic N) is 1.